The molecule has 2 aromatic rings. The van der Waals surface area contributed by atoms with Crippen molar-refractivity contribution in [3.63, 3.8) is 0 Å². The average molecular weight is 325 g/mol. The van der Waals surface area contributed by atoms with Crippen molar-refractivity contribution < 1.29 is 15.0 Å². The Bertz CT molecular complexity index is 753. The predicted molar refractivity (Wildman–Crippen MR) is 91.6 cm³/mol. The van der Waals surface area contributed by atoms with Crippen molar-refractivity contribution in [2.24, 2.45) is 0 Å². The molecule has 3 rings (SSSR count). The summed E-state index contributed by atoms with van der Waals surface area (Å²) in [5.41, 5.74) is 2.42. The molecule has 0 unspecified atom stereocenters. The second-order valence-electron chi connectivity index (χ2n) is 5.78. The minimum atomic E-state index is -0.977. The second kappa shape index (κ2) is 7.23. The third kappa shape index (κ3) is 3.97. The zero-order chi connectivity index (χ0) is 16.9. The maximum atomic E-state index is 10.6. The number of aliphatic carboxylic acids is 1. The number of aromatic nitrogens is 2. The maximum Gasteiger partial charge on any atom is 0.328 e. The van der Waals surface area contributed by atoms with E-state index in [1.807, 2.05) is 24.3 Å². The number of nitrogens with zero attached hydrogens (tertiary/aromatic N) is 3. The lowest BCUT2D eigenvalue weighted by Gasteiger charge is -2.30. The van der Waals surface area contributed by atoms with Crippen molar-refractivity contribution in [1.29, 1.82) is 0 Å². The van der Waals surface area contributed by atoms with Crippen LogP contribution in [0, 0.1) is 0 Å². The number of anilines is 1. The molecule has 6 nitrogen and oxygen atoms in total. The summed E-state index contributed by atoms with van der Waals surface area (Å²) in [6, 6.07) is 7.51. The highest BCUT2D eigenvalue weighted by molar-refractivity contribution is 5.85. The molecule has 24 heavy (non-hydrogen) atoms. The Morgan fingerprint density at radius 2 is 2.04 bits per heavy atom. The molecule has 1 aromatic heterocycles. The van der Waals surface area contributed by atoms with Gasteiger partial charge in [-0.1, -0.05) is 18.2 Å². The number of aliphatic hydroxyl groups is 1. The topological polar surface area (TPSA) is 86.5 Å². The van der Waals surface area contributed by atoms with Crippen LogP contribution < -0.4 is 4.90 Å². The summed E-state index contributed by atoms with van der Waals surface area (Å²) in [5.74, 6) is -0.180. The Morgan fingerprint density at radius 1 is 1.25 bits per heavy atom. The predicted octanol–water partition coefficient (Wildman–Crippen LogP) is 2.20. The summed E-state index contributed by atoms with van der Waals surface area (Å²) in [6.45, 7) is 1.53. The Balaban J connectivity index is 1.83. The first-order valence-corrected chi connectivity index (χ1v) is 7.88. The van der Waals surface area contributed by atoms with E-state index in [-0.39, 0.29) is 6.10 Å². The average Bonchev–Trinajstić information content (AvgIpc) is 2.61. The van der Waals surface area contributed by atoms with Gasteiger partial charge in [0.2, 0.25) is 0 Å². The number of carboxylic acid groups (broad SMARTS) is 1. The van der Waals surface area contributed by atoms with Crippen LogP contribution in [0.25, 0.3) is 17.3 Å². The van der Waals surface area contributed by atoms with Gasteiger partial charge >= 0.3 is 5.97 Å². The lowest BCUT2D eigenvalue weighted by molar-refractivity contribution is -0.131. The van der Waals surface area contributed by atoms with Crippen molar-refractivity contribution in [1.82, 2.24) is 9.97 Å². The first-order valence-electron chi connectivity index (χ1n) is 7.88. The standard InChI is InChI=1S/C18H19N3O3/c22-15-6-8-21(9-7-15)17-12-19-11-16(20-17)14-3-1-2-13(10-14)4-5-18(23)24/h1-5,10-12,15,22H,6-9H2,(H,23,24)/b5-4+. The lowest BCUT2D eigenvalue weighted by atomic mass is 10.1. The van der Waals surface area contributed by atoms with Crippen molar-refractivity contribution in [2.75, 3.05) is 18.0 Å². The number of hydrogen-bond acceptors (Lipinski definition) is 5. The molecule has 1 aliphatic heterocycles. The third-order valence-electron chi connectivity index (χ3n) is 4.01. The van der Waals surface area contributed by atoms with Crippen molar-refractivity contribution >= 4 is 17.9 Å². The van der Waals surface area contributed by atoms with E-state index in [2.05, 4.69) is 14.9 Å². The molecular weight excluding hydrogens is 306 g/mol. The lowest BCUT2D eigenvalue weighted by Crippen LogP contribution is -2.36. The highest BCUT2D eigenvalue weighted by atomic mass is 16.4. The molecule has 0 spiro atoms. The fraction of sp³-hybridized carbons (Fsp3) is 0.278. The van der Waals surface area contributed by atoms with Crippen LogP contribution in [-0.4, -0.2) is 45.3 Å². The van der Waals surface area contributed by atoms with E-state index in [1.54, 1.807) is 18.5 Å². The number of hydrogen-bond donors (Lipinski definition) is 2. The number of carbonyl (C=O) groups is 1. The molecule has 0 bridgehead atoms. The SMILES string of the molecule is O=C(O)/C=C/c1cccc(-c2cncc(N3CCC(O)CC3)n2)c1. The second-order valence-corrected chi connectivity index (χ2v) is 5.78. The zero-order valence-corrected chi connectivity index (χ0v) is 13.2. The quantitative estimate of drug-likeness (QED) is 0.838. The van der Waals surface area contributed by atoms with Crippen molar-refractivity contribution in [3.8, 4) is 11.3 Å². The summed E-state index contributed by atoms with van der Waals surface area (Å²) < 4.78 is 0. The van der Waals surface area contributed by atoms with E-state index in [1.165, 1.54) is 0 Å². The van der Waals surface area contributed by atoms with Crippen LogP contribution >= 0.6 is 0 Å². The van der Waals surface area contributed by atoms with Crippen LogP contribution in [0.3, 0.4) is 0 Å². The molecule has 1 saturated heterocycles. The van der Waals surface area contributed by atoms with Gasteiger partial charge in [0, 0.05) is 24.7 Å². The molecule has 2 heterocycles. The molecule has 0 amide bonds. The van der Waals surface area contributed by atoms with E-state index in [4.69, 9.17) is 5.11 Å². The Kier molecular flexibility index (Phi) is 4.86. The van der Waals surface area contributed by atoms with Gasteiger partial charge in [0.15, 0.2) is 0 Å². The normalized spacial score (nSPS) is 15.8. The number of aliphatic hydroxyl groups excluding tert-OH is 1. The van der Waals surface area contributed by atoms with Gasteiger partial charge in [0.1, 0.15) is 5.82 Å². The number of carboxylic acids is 1. The van der Waals surface area contributed by atoms with Crippen LogP contribution in [0.5, 0.6) is 0 Å². The van der Waals surface area contributed by atoms with E-state index >= 15 is 0 Å². The number of piperidine rings is 1. The fourth-order valence-corrected chi connectivity index (χ4v) is 2.71. The monoisotopic (exact) mass is 325 g/mol. The van der Waals surface area contributed by atoms with E-state index in [0.717, 1.165) is 54.6 Å². The smallest absolute Gasteiger partial charge is 0.328 e. The van der Waals surface area contributed by atoms with Gasteiger partial charge in [0.25, 0.3) is 0 Å². The van der Waals surface area contributed by atoms with Crippen LogP contribution in [0.4, 0.5) is 5.82 Å². The van der Waals surface area contributed by atoms with Gasteiger partial charge in [-0.3, -0.25) is 4.98 Å². The molecule has 2 N–H and O–H groups in total. The van der Waals surface area contributed by atoms with E-state index in [9.17, 15) is 9.90 Å². The third-order valence-corrected chi connectivity index (χ3v) is 4.01. The Morgan fingerprint density at radius 3 is 2.79 bits per heavy atom. The maximum absolute atomic E-state index is 10.6. The summed E-state index contributed by atoms with van der Waals surface area (Å²) in [7, 11) is 0. The van der Waals surface area contributed by atoms with Crippen molar-refractivity contribution in [2.45, 2.75) is 18.9 Å². The molecule has 1 aliphatic rings. The van der Waals surface area contributed by atoms with Gasteiger partial charge in [-0.05, 0) is 30.5 Å². The first-order chi connectivity index (χ1) is 11.6. The molecule has 6 heteroatoms. The molecule has 0 atom stereocenters. The fourth-order valence-electron chi connectivity index (χ4n) is 2.71. The Labute approximate surface area is 140 Å². The summed E-state index contributed by atoms with van der Waals surface area (Å²) in [5, 5.41) is 18.3. The highest BCUT2D eigenvalue weighted by Gasteiger charge is 2.18. The van der Waals surface area contributed by atoms with Gasteiger partial charge < -0.3 is 15.1 Å². The van der Waals surface area contributed by atoms with Gasteiger partial charge in [-0.15, -0.1) is 0 Å². The largest absolute Gasteiger partial charge is 0.478 e. The van der Waals surface area contributed by atoms with Gasteiger partial charge in [-0.25, -0.2) is 9.78 Å². The minimum absolute atomic E-state index is 0.227. The summed E-state index contributed by atoms with van der Waals surface area (Å²) >= 11 is 0. The molecule has 0 saturated carbocycles. The van der Waals surface area contributed by atoms with Crippen LogP contribution in [0.1, 0.15) is 18.4 Å². The van der Waals surface area contributed by atoms with E-state index in [0.29, 0.717) is 0 Å². The molecule has 0 radical (unpaired) electrons. The minimum Gasteiger partial charge on any atom is -0.478 e. The van der Waals surface area contributed by atoms with Crippen molar-refractivity contribution in [3.05, 3.63) is 48.3 Å². The number of rotatable bonds is 4. The molecule has 0 aliphatic carbocycles. The van der Waals surface area contributed by atoms with Crippen LogP contribution in [0.2, 0.25) is 0 Å². The highest BCUT2D eigenvalue weighted by Crippen LogP contribution is 2.23. The zero-order valence-electron chi connectivity index (χ0n) is 13.2. The summed E-state index contributed by atoms with van der Waals surface area (Å²) in [6.07, 6.45) is 7.34. The van der Waals surface area contributed by atoms with Gasteiger partial charge in [-0.2, -0.15) is 0 Å². The van der Waals surface area contributed by atoms with Crippen LogP contribution in [0.15, 0.2) is 42.7 Å². The first kappa shape index (κ1) is 16.1. The number of benzene rings is 1. The van der Waals surface area contributed by atoms with Gasteiger partial charge in [0.05, 0.1) is 24.2 Å². The molecule has 124 valence electrons. The Hall–Kier alpha value is -2.73. The van der Waals surface area contributed by atoms with Crippen LogP contribution in [-0.2, 0) is 4.79 Å². The molecule has 1 fully saturated rings. The molecule has 1 aromatic carbocycles. The summed E-state index contributed by atoms with van der Waals surface area (Å²) in [4.78, 5) is 21.7. The van der Waals surface area contributed by atoms with E-state index < -0.39 is 5.97 Å². The molecular formula is C18H19N3O3.